The van der Waals surface area contributed by atoms with Crippen LogP contribution in [0.3, 0.4) is 0 Å². The average Bonchev–Trinajstić information content (AvgIpc) is 2.97. The molecular formula is C16H11ClN3O3S-. The molecule has 2 N–H and O–H groups in total. The van der Waals surface area contributed by atoms with Gasteiger partial charge in [0.25, 0.3) is 0 Å². The number of thioether (sulfide) groups is 1. The number of H-pyrrole nitrogens is 1. The third kappa shape index (κ3) is 3.69. The van der Waals surface area contributed by atoms with Crippen molar-refractivity contribution in [2.24, 2.45) is 0 Å². The number of amides is 1. The fraction of sp³-hybridized carbons (Fsp3) is 0.0625. The number of nitrogens with zero attached hydrogens (tertiary/aromatic N) is 1. The van der Waals surface area contributed by atoms with Crippen molar-refractivity contribution in [1.82, 2.24) is 9.97 Å². The number of para-hydroxylation sites is 2. The first-order chi connectivity index (χ1) is 11.5. The van der Waals surface area contributed by atoms with E-state index >= 15 is 0 Å². The highest BCUT2D eigenvalue weighted by Crippen LogP contribution is 2.22. The van der Waals surface area contributed by atoms with E-state index in [1.54, 1.807) is 0 Å². The lowest BCUT2D eigenvalue weighted by molar-refractivity contribution is -0.255. The standard InChI is InChI=1S/C16H12ClN3O3S/c17-11-6-5-9(7-10(11)15(22)23)18-14(21)8-24-16-19-12-3-1-2-4-13(12)20-16/h1-7H,8H2,(H,18,21)(H,19,20)(H,22,23)/p-1. The molecule has 1 aromatic heterocycles. The zero-order valence-corrected chi connectivity index (χ0v) is 13.8. The summed E-state index contributed by atoms with van der Waals surface area (Å²) in [7, 11) is 0. The molecule has 3 rings (SSSR count). The Labute approximate surface area is 146 Å². The molecule has 2 aromatic carbocycles. The van der Waals surface area contributed by atoms with Gasteiger partial charge in [-0.3, -0.25) is 4.79 Å². The number of aromatic nitrogens is 2. The summed E-state index contributed by atoms with van der Waals surface area (Å²) in [5.74, 6) is -1.55. The molecule has 8 heteroatoms. The number of halogens is 1. The number of carboxylic acids is 1. The first-order valence-electron chi connectivity index (χ1n) is 6.91. The number of benzene rings is 2. The van der Waals surface area contributed by atoms with Crippen LogP contribution in [0.4, 0.5) is 5.69 Å². The molecule has 1 amide bonds. The number of nitrogens with one attached hydrogen (secondary N) is 2. The number of carbonyl (C=O) groups excluding carboxylic acids is 2. The van der Waals surface area contributed by atoms with E-state index in [9.17, 15) is 14.7 Å². The van der Waals surface area contributed by atoms with Gasteiger partial charge in [-0.05, 0) is 30.3 Å². The summed E-state index contributed by atoms with van der Waals surface area (Å²) in [6.45, 7) is 0. The van der Waals surface area contributed by atoms with Crippen LogP contribution in [0.2, 0.25) is 5.02 Å². The first kappa shape index (κ1) is 16.4. The van der Waals surface area contributed by atoms with Crippen LogP contribution in [0.15, 0.2) is 47.6 Å². The summed E-state index contributed by atoms with van der Waals surface area (Å²) in [6, 6.07) is 11.8. The Bertz CT molecular complexity index is 893. The number of aromatic carboxylic acids is 1. The van der Waals surface area contributed by atoms with Gasteiger partial charge in [0.2, 0.25) is 5.91 Å². The second-order valence-electron chi connectivity index (χ2n) is 4.88. The zero-order valence-electron chi connectivity index (χ0n) is 12.2. The molecule has 0 saturated carbocycles. The van der Waals surface area contributed by atoms with E-state index in [-0.39, 0.29) is 22.2 Å². The van der Waals surface area contributed by atoms with E-state index in [1.807, 2.05) is 24.3 Å². The molecule has 0 atom stereocenters. The lowest BCUT2D eigenvalue weighted by Gasteiger charge is -2.09. The fourth-order valence-electron chi connectivity index (χ4n) is 2.09. The summed E-state index contributed by atoms with van der Waals surface area (Å²) in [5, 5.41) is 14.2. The number of aromatic amines is 1. The molecule has 0 radical (unpaired) electrons. The summed E-state index contributed by atoms with van der Waals surface area (Å²) in [5.41, 5.74) is 1.90. The van der Waals surface area contributed by atoms with Gasteiger partial charge in [0.15, 0.2) is 5.16 Å². The monoisotopic (exact) mass is 360 g/mol. The number of hydrogen-bond donors (Lipinski definition) is 2. The lowest BCUT2D eigenvalue weighted by atomic mass is 10.2. The third-order valence-electron chi connectivity index (χ3n) is 3.18. The maximum atomic E-state index is 12.0. The number of carboxylic acid groups (broad SMARTS) is 1. The highest BCUT2D eigenvalue weighted by molar-refractivity contribution is 7.99. The highest BCUT2D eigenvalue weighted by atomic mass is 35.5. The number of hydrogen-bond acceptors (Lipinski definition) is 5. The van der Waals surface area contributed by atoms with Gasteiger partial charge in [0.1, 0.15) is 0 Å². The Balaban J connectivity index is 1.63. The van der Waals surface area contributed by atoms with Crippen LogP contribution in [0, 0.1) is 0 Å². The number of carbonyl (C=O) groups is 2. The summed E-state index contributed by atoms with van der Waals surface area (Å²) in [6.07, 6.45) is 0. The Morgan fingerprint density at radius 1 is 1.25 bits per heavy atom. The van der Waals surface area contributed by atoms with Gasteiger partial charge in [-0.1, -0.05) is 35.5 Å². The van der Waals surface area contributed by atoms with E-state index in [0.29, 0.717) is 10.8 Å². The normalized spacial score (nSPS) is 10.7. The molecule has 0 aliphatic rings. The molecular weight excluding hydrogens is 350 g/mol. The zero-order chi connectivity index (χ0) is 17.1. The SMILES string of the molecule is O=C(CSc1nc2ccccc2[nH]1)Nc1ccc(Cl)c(C(=O)[O-])c1. The molecule has 0 fully saturated rings. The van der Waals surface area contributed by atoms with Crippen LogP contribution in [0.5, 0.6) is 0 Å². The second kappa shape index (κ2) is 6.94. The van der Waals surface area contributed by atoms with Gasteiger partial charge in [-0.2, -0.15) is 0 Å². The molecule has 6 nitrogen and oxygen atoms in total. The number of rotatable bonds is 5. The van der Waals surface area contributed by atoms with Crippen molar-refractivity contribution in [2.75, 3.05) is 11.1 Å². The second-order valence-corrected chi connectivity index (χ2v) is 6.25. The van der Waals surface area contributed by atoms with Crippen molar-refractivity contribution in [2.45, 2.75) is 5.16 Å². The van der Waals surface area contributed by atoms with Crippen molar-refractivity contribution in [1.29, 1.82) is 0 Å². The predicted octanol–water partition coefficient (Wildman–Crippen LogP) is 2.31. The highest BCUT2D eigenvalue weighted by Gasteiger charge is 2.09. The van der Waals surface area contributed by atoms with Crippen molar-refractivity contribution < 1.29 is 14.7 Å². The van der Waals surface area contributed by atoms with Gasteiger partial charge >= 0.3 is 0 Å². The van der Waals surface area contributed by atoms with E-state index in [1.165, 1.54) is 30.0 Å². The van der Waals surface area contributed by atoms with Gasteiger partial charge in [-0.25, -0.2) is 4.98 Å². The first-order valence-corrected chi connectivity index (χ1v) is 8.27. The Kier molecular flexibility index (Phi) is 4.73. The van der Waals surface area contributed by atoms with Crippen LogP contribution < -0.4 is 10.4 Å². The van der Waals surface area contributed by atoms with Gasteiger partial charge in [0, 0.05) is 16.3 Å². The molecule has 0 saturated heterocycles. The smallest absolute Gasteiger partial charge is 0.234 e. The Hall–Kier alpha value is -2.51. The number of fused-ring (bicyclic) bond motifs is 1. The molecule has 0 spiro atoms. The van der Waals surface area contributed by atoms with E-state index in [0.717, 1.165) is 11.0 Å². The van der Waals surface area contributed by atoms with E-state index in [2.05, 4.69) is 15.3 Å². The van der Waals surface area contributed by atoms with E-state index < -0.39 is 5.97 Å². The minimum atomic E-state index is -1.40. The predicted molar refractivity (Wildman–Crippen MR) is 91.2 cm³/mol. The van der Waals surface area contributed by atoms with Crippen LogP contribution in [-0.2, 0) is 4.79 Å². The maximum Gasteiger partial charge on any atom is 0.234 e. The third-order valence-corrected chi connectivity index (χ3v) is 4.38. The van der Waals surface area contributed by atoms with Crippen molar-refractivity contribution >= 4 is 52.0 Å². The minimum absolute atomic E-state index is 0.0599. The van der Waals surface area contributed by atoms with Gasteiger partial charge in [-0.15, -0.1) is 0 Å². The van der Waals surface area contributed by atoms with Gasteiger partial charge < -0.3 is 20.2 Å². The maximum absolute atomic E-state index is 12.0. The van der Waals surface area contributed by atoms with E-state index in [4.69, 9.17) is 11.6 Å². The Morgan fingerprint density at radius 2 is 2.04 bits per heavy atom. The molecule has 0 aliphatic heterocycles. The quantitative estimate of drug-likeness (QED) is 0.680. The summed E-state index contributed by atoms with van der Waals surface area (Å²) >= 11 is 7.01. The summed E-state index contributed by atoms with van der Waals surface area (Å²) in [4.78, 5) is 30.4. The average molecular weight is 361 g/mol. The number of imidazole rings is 1. The van der Waals surface area contributed by atoms with Crippen LogP contribution in [0.1, 0.15) is 10.4 Å². The minimum Gasteiger partial charge on any atom is -0.545 e. The van der Waals surface area contributed by atoms with Crippen molar-refractivity contribution in [3.8, 4) is 0 Å². The molecule has 0 unspecified atom stereocenters. The molecule has 1 heterocycles. The molecule has 0 aliphatic carbocycles. The fourth-order valence-corrected chi connectivity index (χ4v) is 2.97. The topological polar surface area (TPSA) is 97.9 Å². The summed E-state index contributed by atoms with van der Waals surface area (Å²) < 4.78 is 0. The lowest BCUT2D eigenvalue weighted by Crippen LogP contribution is -2.23. The molecule has 24 heavy (non-hydrogen) atoms. The van der Waals surface area contributed by atoms with Crippen LogP contribution in [-0.4, -0.2) is 27.6 Å². The van der Waals surface area contributed by atoms with Gasteiger partial charge in [0.05, 0.1) is 22.8 Å². The van der Waals surface area contributed by atoms with Crippen molar-refractivity contribution in [3.05, 3.63) is 53.1 Å². The van der Waals surface area contributed by atoms with Crippen LogP contribution >= 0.6 is 23.4 Å². The molecule has 3 aromatic rings. The van der Waals surface area contributed by atoms with Crippen LogP contribution in [0.25, 0.3) is 11.0 Å². The molecule has 122 valence electrons. The Morgan fingerprint density at radius 3 is 2.79 bits per heavy atom. The largest absolute Gasteiger partial charge is 0.545 e. The number of anilines is 1. The van der Waals surface area contributed by atoms with Crippen molar-refractivity contribution in [3.63, 3.8) is 0 Å². The molecule has 0 bridgehead atoms.